The van der Waals surface area contributed by atoms with E-state index < -0.39 is 0 Å². The highest BCUT2D eigenvalue weighted by molar-refractivity contribution is 5.97. The van der Waals surface area contributed by atoms with Gasteiger partial charge in [-0.25, -0.2) is 0 Å². The predicted molar refractivity (Wildman–Crippen MR) is 116 cm³/mol. The normalized spacial score (nSPS) is 15.2. The number of piperazine rings is 1. The number of carbonyl (C=O) groups is 2. The summed E-state index contributed by atoms with van der Waals surface area (Å²) < 4.78 is 0. The molecule has 0 aliphatic carbocycles. The van der Waals surface area contributed by atoms with Crippen LogP contribution in [-0.4, -0.2) is 54.2 Å². The van der Waals surface area contributed by atoms with Gasteiger partial charge in [-0.1, -0.05) is 61.5 Å². The summed E-state index contributed by atoms with van der Waals surface area (Å²) in [6, 6.07) is 17.4. The molecule has 0 aromatic heterocycles. The minimum atomic E-state index is -0.0827. The molecule has 2 aromatic carbocycles. The number of nitrogens with zero attached hydrogens (tertiary/aromatic N) is 2. The first-order chi connectivity index (χ1) is 14.2. The third-order valence-electron chi connectivity index (χ3n) is 5.58. The van der Waals surface area contributed by atoms with Crippen LogP contribution in [0, 0.1) is 0 Å². The minimum Gasteiger partial charge on any atom is -0.352 e. The van der Waals surface area contributed by atoms with Crippen LogP contribution in [0.2, 0.25) is 0 Å². The Balaban J connectivity index is 1.46. The summed E-state index contributed by atoms with van der Waals surface area (Å²) in [5, 5.41) is 2.98. The predicted octanol–water partition coefficient (Wildman–Crippen LogP) is 3.10. The summed E-state index contributed by atoms with van der Waals surface area (Å²) >= 11 is 0. The van der Waals surface area contributed by atoms with Crippen molar-refractivity contribution in [3.8, 4) is 0 Å². The van der Waals surface area contributed by atoms with Gasteiger partial charge in [0, 0.05) is 57.7 Å². The fourth-order valence-corrected chi connectivity index (χ4v) is 3.67. The Labute approximate surface area is 173 Å². The number of amides is 1. The maximum atomic E-state index is 12.2. The van der Waals surface area contributed by atoms with Gasteiger partial charge in [-0.3, -0.25) is 14.5 Å². The van der Waals surface area contributed by atoms with Crippen molar-refractivity contribution >= 4 is 11.7 Å². The molecule has 1 aliphatic heterocycles. The molecule has 3 rings (SSSR count). The highest BCUT2D eigenvalue weighted by atomic mass is 16.2. The first kappa shape index (κ1) is 21.2. The molecule has 1 heterocycles. The van der Waals surface area contributed by atoms with Gasteiger partial charge in [0.2, 0.25) is 5.91 Å². The van der Waals surface area contributed by atoms with Crippen LogP contribution in [0.5, 0.6) is 0 Å². The third kappa shape index (κ3) is 6.51. The average molecular weight is 394 g/mol. The van der Waals surface area contributed by atoms with Crippen LogP contribution in [0.25, 0.3) is 0 Å². The molecule has 0 radical (unpaired) electrons. The summed E-state index contributed by atoms with van der Waals surface area (Å²) in [6.45, 7) is 9.13. The van der Waals surface area contributed by atoms with Gasteiger partial charge in [-0.05, 0) is 17.7 Å². The van der Waals surface area contributed by atoms with E-state index in [1.165, 1.54) is 5.56 Å². The molecule has 5 nitrogen and oxygen atoms in total. The quantitative estimate of drug-likeness (QED) is 0.665. The largest absolute Gasteiger partial charge is 0.352 e. The summed E-state index contributed by atoms with van der Waals surface area (Å²) in [5.74, 6) is -0.0759. The van der Waals surface area contributed by atoms with E-state index in [0.717, 1.165) is 44.8 Å². The molecule has 154 valence electrons. The van der Waals surface area contributed by atoms with Gasteiger partial charge in [0.05, 0.1) is 0 Å². The van der Waals surface area contributed by atoms with Gasteiger partial charge in [-0.2, -0.15) is 0 Å². The third-order valence-corrected chi connectivity index (χ3v) is 5.58. The standard InChI is InChI=1S/C24H31N3O2/c1-2-26-14-16-27(17-15-26)19-22-11-7-6-10-21(22)18-25-24(29)13-12-23(28)20-8-4-3-5-9-20/h3-11H,2,12-19H2,1H3,(H,25,29). The SMILES string of the molecule is CCN1CCN(Cc2ccccc2CNC(=O)CCC(=O)c2ccccc2)CC1. The highest BCUT2D eigenvalue weighted by Gasteiger charge is 2.17. The topological polar surface area (TPSA) is 52.6 Å². The molecule has 1 aliphatic rings. The van der Waals surface area contributed by atoms with Crippen molar-refractivity contribution in [3.63, 3.8) is 0 Å². The van der Waals surface area contributed by atoms with Crippen LogP contribution in [0.4, 0.5) is 0 Å². The van der Waals surface area contributed by atoms with Gasteiger partial charge in [-0.15, -0.1) is 0 Å². The zero-order chi connectivity index (χ0) is 20.5. The van der Waals surface area contributed by atoms with Crippen LogP contribution in [0.1, 0.15) is 41.3 Å². The van der Waals surface area contributed by atoms with Gasteiger partial charge < -0.3 is 10.2 Å². The van der Waals surface area contributed by atoms with Gasteiger partial charge in [0.1, 0.15) is 0 Å². The van der Waals surface area contributed by atoms with Crippen LogP contribution in [0.3, 0.4) is 0 Å². The monoisotopic (exact) mass is 393 g/mol. The molecular weight excluding hydrogens is 362 g/mol. The molecule has 0 bridgehead atoms. The summed E-state index contributed by atoms with van der Waals surface area (Å²) in [4.78, 5) is 29.3. The van der Waals surface area contributed by atoms with Crippen molar-refractivity contribution in [2.45, 2.75) is 32.9 Å². The van der Waals surface area contributed by atoms with Gasteiger partial charge in [0.15, 0.2) is 5.78 Å². The lowest BCUT2D eigenvalue weighted by Gasteiger charge is -2.34. The van der Waals surface area contributed by atoms with Crippen molar-refractivity contribution in [2.75, 3.05) is 32.7 Å². The van der Waals surface area contributed by atoms with E-state index in [4.69, 9.17) is 0 Å². The average Bonchev–Trinajstić information content (AvgIpc) is 2.78. The lowest BCUT2D eigenvalue weighted by Crippen LogP contribution is -2.45. The fourth-order valence-electron chi connectivity index (χ4n) is 3.67. The Bertz CT molecular complexity index is 799. The highest BCUT2D eigenvalue weighted by Crippen LogP contribution is 2.14. The van der Waals surface area contributed by atoms with Gasteiger partial charge in [0.25, 0.3) is 0 Å². The Hall–Kier alpha value is -2.50. The van der Waals surface area contributed by atoms with E-state index in [9.17, 15) is 9.59 Å². The Morgan fingerprint density at radius 3 is 2.14 bits per heavy atom. The number of benzene rings is 2. The lowest BCUT2D eigenvalue weighted by molar-refractivity contribution is -0.121. The van der Waals surface area contributed by atoms with Crippen molar-refractivity contribution in [1.29, 1.82) is 0 Å². The molecule has 2 aromatic rings. The van der Waals surface area contributed by atoms with E-state index in [1.54, 1.807) is 12.1 Å². The molecule has 5 heteroatoms. The Morgan fingerprint density at radius 1 is 0.828 bits per heavy atom. The molecule has 1 N–H and O–H groups in total. The van der Waals surface area contributed by atoms with E-state index >= 15 is 0 Å². The van der Waals surface area contributed by atoms with Gasteiger partial charge >= 0.3 is 0 Å². The summed E-state index contributed by atoms with van der Waals surface area (Å²) in [7, 11) is 0. The number of likely N-dealkylation sites (N-methyl/N-ethyl adjacent to an activating group) is 1. The molecule has 1 saturated heterocycles. The molecule has 0 saturated carbocycles. The number of hydrogen-bond acceptors (Lipinski definition) is 4. The maximum Gasteiger partial charge on any atom is 0.220 e. The second-order valence-corrected chi connectivity index (χ2v) is 7.55. The van der Waals surface area contributed by atoms with E-state index in [-0.39, 0.29) is 24.5 Å². The smallest absolute Gasteiger partial charge is 0.220 e. The first-order valence-electron chi connectivity index (χ1n) is 10.5. The Kier molecular flexibility index (Phi) is 7.96. The summed E-state index contributed by atoms with van der Waals surface area (Å²) in [6.07, 6.45) is 0.452. The summed E-state index contributed by atoms with van der Waals surface area (Å²) in [5.41, 5.74) is 3.07. The second kappa shape index (κ2) is 10.9. The van der Waals surface area contributed by atoms with Crippen molar-refractivity contribution in [2.24, 2.45) is 0 Å². The van der Waals surface area contributed by atoms with E-state index in [2.05, 4.69) is 40.2 Å². The number of ketones is 1. The minimum absolute atomic E-state index is 0.00683. The van der Waals surface area contributed by atoms with Crippen LogP contribution in [0.15, 0.2) is 54.6 Å². The number of Topliss-reactive ketones (excluding diaryl/α,β-unsaturated/α-hetero) is 1. The fraction of sp³-hybridized carbons (Fsp3) is 0.417. The molecule has 1 amide bonds. The molecule has 0 unspecified atom stereocenters. The van der Waals surface area contributed by atoms with Crippen LogP contribution in [-0.2, 0) is 17.9 Å². The molecular formula is C24H31N3O2. The molecule has 1 fully saturated rings. The number of rotatable bonds is 9. The van der Waals surface area contributed by atoms with Crippen LogP contribution >= 0.6 is 0 Å². The van der Waals surface area contributed by atoms with E-state index in [0.29, 0.717) is 12.1 Å². The number of hydrogen-bond donors (Lipinski definition) is 1. The molecule has 0 atom stereocenters. The number of nitrogens with one attached hydrogen (secondary N) is 1. The zero-order valence-electron chi connectivity index (χ0n) is 17.3. The zero-order valence-corrected chi connectivity index (χ0v) is 17.3. The first-order valence-corrected chi connectivity index (χ1v) is 10.5. The molecule has 0 spiro atoms. The lowest BCUT2D eigenvalue weighted by atomic mass is 10.1. The van der Waals surface area contributed by atoms with Crippen LogP contribution < -0.4 is 5.32 Å². The molecule has 29 heavy (non-hydrogen) atoms. The van der Waals surface area contributed by atoms with E-state index in [1.807, 2.05) is 24.3 Å². The number of carbonyl (C=O) groups excluding carboxylic acids is 2. The Morgan fingerprint density at radius 2 is 1.45 bits per heavy atom. The van der Waals surface area contributed by atoms with Crippen molar-refractivity contribution < 1.29 is 9.59 Å². The second-order valence-electron chi connectivity index (χ2n) is 7.55. The van der Waals surface area contributed by atoms with Crippen molar-refractivity contribution in [1.82, 2.24) is 15.1 Å². The van der Waals surface area contributed by atoms with Crippen molar-refractivity contribution in [3.05, 3.63) is 71.3 Å². The maximum absolute atomic E-state index is 12.2.